The number of aromatic nitrogens is 3. The van der Waals surface area contributed by atoms with Gasteiger partial charge in [-0.05, 0) is 43.8 Å². The first kappa shape index (κ1) is 22.6. The Bertz CT molecular complexity index is 932. The average molecular weight is 442 g/mol. The van der Waals surface area contributed by atoms with E-state index in [0.29, 0.717) is 22.4 Å². The number of carbonyl (C=O) groups excluding carboxylic acids is 1. The summed E-state index contributed by atoms with van der Waals surface area (Å²) in [6.45, 7) is 9.39. The molecule has 1 aromatic carbocycles. The molecule has 3 rings (SSSR count). The van der Waals surface area contributed by atoms with E-state index in [-0.39, 0.29) is 18.3 Å². The second-order valence-corrected chi connectivity index (χ2v) is 7.84. The lowest BCUT2D eigenvalue weighted by Crippen LogP contribution is -2.39. The SMILES string of the molecule is CCN(CC)CCN(C(=O)c1c(C)cnn1C)c1nc2ccc(Cl)cc2s1.Cl. The first-order valence-electron chi connectivity index (χ1n) is 9.03. The predicted octanol–water partition coefficient (Wildman–Crippen LogP) is 4.40. The van der Waals surface area contributed by atoms with Crippen LogP contribution >= 0.6 is 35.3 Å². The monoisotopic (exact) mass is 441 g/mol. The number of hydrogen-bond donors (Lipinski definition) is 0. The van der Waals surface area contributed by atoms with Gasteiger partial charge in [0.1, 0.15) is 5.69 Å². The Morgan fingerprint density at radius 2 is 1.96 bits per heavy atom. The van der Waals surface area contributed by atoms with Gasteiger partial charge in [-0.1, -0.05) is 36.8 Å². The highest BCUT2D eigenvalue weighted by Crippen LogP contribution is 2.31. The maximum Gasteiger partial charge on any atom is 0.278 e. The van der Waals surface area contributed by atoms with Gasteiger partial charge in [0, 0.05) is 25.2 Å². The molecular weight excluding hydrogens is 417 g/mol. The number of thiazole rings is 1. The average Bonchev–Trinajstić information content (AvgIpc) is 3.20. The first-order valence-corrected chi connectivity index (χ1v) is 10.2. The summed E-state index contributed by atoms with van der Waals surface area (Å²) in [5.74, 6) is -0.0789. The second-order valence-electron chi connectivity index (χ2n) is 6.39. The van der Waals surface area contributed by atoms with Crippen LogP contribution in [0.4, 0.5) is 5.13 Å². The number of aryl methyl sites for hydroxylation is 2. The molecule has 3 aromatic rings. The van der Waals surface area contributed by atoms with Crippen LogP contribution in [-0.2, 0) is 7.05 Å². The van der Waals surface area contributed by atoms with E-state index < -0.39 is 0 Å². The smallest absolute Gasteiger partial charge is 0.278 e. The van der Waals surface area contributed by atoms with Gasteiger partial charge in [0.2, 0.25) is 0 Å². The van der Waals surface area contributed by atoms with Crippen molar-refractivity contribution in [1.82, 2.24) is 19.7 Å². The van der Waals surface area contributed by atoms with Crippen LogP contribution in [0.15, 0.2) is 24.4 Å². The Morgan fingerprint density at radius 3 is 2.57 bits per heavy atom. The van der Waals surface area contributed by atoms with E-state index in [4.69, 9.17) is 16.6 Å². The van der Waals surface area contributed by atoms with E-state index in [2.05, 4.69) is 23.8 Å². The molecule has 0 saturated heterocycles. The molecule has 0 bridgehead atoms. The summed E-state index contributed by atoms with van der Waals surface area (Å²) in [5.41, 5.74) is 2.30. The molecule has 2 heterocycles. The number of likely N-dealkylation sites (N-methyl/N-ethyl adjacent to an activating group) is 1. The fourth-order valence-corrected chi connectivity index (χ4v) is 4.32. The Morgan fingerprint density at radius 1 is 1.25 bits per heavy atom. The molecule has 0 aliphatic carbocycles. The molecule has 0 atom stereocenters. The summed E-state index contributed by atoms with van der Waals surface area (Å²) in [6, 6.07) is 5.60. The zero-order valence-corrected chi connectivity index (χ0v) is 18.9. The lowest BCUT2D eigenvalue weighted by molar-refractivity contribution is 0.0974. The number of hydrogen-bond acceptors (Lipinski definition) is 5. The number of rotatable bonds is 7. The summed E-state index contributed by atoms with van der Waals surface area (Å²) in [5, 5.41) is 5.57. The number of halogens is 2. The van der Waals surface area contributed by atoms with Crippen molar-refractivity contribution in [3.63, 3.8) is 0 Å². The zero-order chi connectivity index (χ0) is 19.6. The van der Waals surface area contributed by atoms with Crippen molar-refractivity contribution in [2.24, 2.45) is 7.05 Å². The molecule has 0 aliphatic heterocycles. The van der Waals surface area contributed by atoms with Gasteiger partial charge in [0.25, 0.3) is 5.91 Å². The van der Waals surface area contributed by atoms with Crippen LogP contribution in [0.25, 0.3) is 10.2 Å². The number of anilines is 1. The highest BCUT2D eigenvalue weighted by atomic mass is 35.5. The fourth-order valence-electron chi connectivity index (χ4n) is 3.05. The summed E-state index contributed by atoms with van der Waals surface area (Å²) in [7, 11) is 1.79. The standard InChI is InChI=1S/C19H24ClN5OS.ClH/c1-5-24(6-2)9-10-25(18(26)17-13(3)12-21-23(17)4)19-22-15-8-7-14(20)11-16(15)27-19;/h7-8,11-12H,5-6,9-10H2,1-4H3;1H. The van der Waals surface area contributed by atoms with E-state index in [1.165, 1.54) is 11.3 Å². The van der Waals surface area contributed by atoms with E-state index in [1.807, 2.05) is 25.1 Å². The summed E-state index contributed by atoms with van der Waals surface area (Å²) < 4.78 is 2.60. The number of amides is 1. The largest absolute Gasteiger partial charge is 0.302 e. The molecule has 28 heavy (non-hydrogen) atoms. The Hall–Kier alpha value is -1.67. The lowest BCUT2D eigenvalue weighted by Gasteiger charge is -2.25. The van der Waals surface area contributed by atoms with Gasteiger partial charge in [-0.15, -0.1) is 12.4 Å². The van der Waals surface area contributed by atoms with E-state index in [9.17, 15) is 4.79 Å². The summed E-state index contributed by atoms with van der Waals surface area (Å²) in [4.78, 5) is 22.1. The molecule has 0 N–H and O–H groups in total. The maximum atomic E-state index is 13.4. The van der Waals surface area contributed by atoms with Crippen LogP contribution < -0.4 is 4.90 Å². The predicted molar refractivity (Wildman–Crippen MR) is 119 cm³/mol. The van der Waals surface area contributed by atoms with Crippen molar-refractivity contribution in [3.05, 3.63) is 40.7 Å². The molecule has 1 amide bonds. The minimum atomic E-state index is -0.0789. The first-order chi connectivity index (χ1) is 12.9. The zero-order valence-electron chi connectivity index (χ0n) is 16.5. The van der Waals surface area contributed by atoms with Crippen LogP contribution in [0.1, 0.15) is 29.9 Å². The second kappa shape index (κ2) is 9.69. The number of nitrogens with zero attached hydrogens (tertiary/aromatic N) is 5. The van der Waals surface area contributed by atoms with Crippen LogP contribution in [0.3, 0.4) is 0 Å². The number of fused-ring (bicyclic) bond motifs is 1. The third-order valence-corrected chi connectivity index (χ3v) is 5.95. The van der Waals surface area contributed by atoms with Gasteiger partial charge < -0.3 is 4.90 Å². The lowest BCUT2D eigenvalue weighted by atomic mass is 10.2. The molecule has 0 spiro atoms. The molecule has 0 unspecified atom stereocenters. The van der Waals surface area contributed by atoms with Gasteiger partial charge in [-0.2, -0.15) is 5.10 Å². The molecule has 0 fully saturated rings. The van der Waals surface area contributed by atoms with Crippen LogP contribution in [0, 0.1) is 6.92 Å². The molecule has 0 radical (unpaired) electrons. The minimum absolute atomic E-state index is 0. The van der Waals surface area contributed by atoms with Crippen molar-refractivity contribution in [1.29, 1.82) is 0 Å². The Kier molecular flexibility index (Phi) is 7.83. The molecule has 6 nitrogen and oxygen atoms in total. The summed E-state index contributed by atoms with van der Waals surface area (Å²) >= 11 is 7.60. The Balaban J connectivity index is 0.00000280. The molecule has 0 saturated carbocycles. The maximum absolute atomic E-state index is 13.4. The van der Waals surface area contributed by atoms with Crippen LogP contribution in [-0.4, -0.2) is 51.8 Å². The van der Waals surface area contributed by atoms with Gasteiger partial charge in [-0.25, -0.2) is 4.98 Å². The molecule has 0 aliphatic rings. The molecule has 152 valence electrons. The normalized spacial score (nSPS) is 11.1. The molecule has 2 aromatic heterocycles. The topological polar surface area (TPSA) is 54.3 Å². The van der Waals surface area contributed by atoms with Gasteiger partial charge in [-0.3, -0.25) is 14.4 Å². The van der Waals surface area contributed by atoms with Crippen molar-refractivity contribution in [3.8, 4) is 0 Å². The fraction of sp³-hybridized carbons (Fsp3) is 0.421. The highest BCUT2D eigenvalue weighted by molar-refractivity contribution is 7.22. The number of benzene rings is 1. The summed E-state index contributed by atoms with van der Waals surface area (Å²) in [6.07, 6.45) is 1.72. The van der Waals surface area contributed by atoms with E-state index >= 15 is 0 Å². The molecule has 9 heteroatoms. The minimum Gasteiger partial charge on any atom is -0.302 e. The van der Waals surface area contributed by atoms with Crippen LogP contribution in [0.5, 0.6) is 0 Å². The van der Waals surface area contributed by atoms with Crippen LogP contribution in [0.2, 0.25) is 5.02 Å². The third kappa shape index (κ3) is 4.66. The van der Waals surface area contributed by atoms with Crippen molar-refractivity contribution >= 4 is 56.6 Å². The van der Waals surface area contributed by atoms with E-state index in [0.717, 1.165) is 35.4 Å². The third-order valence-electron chi connectivity index (χ3n) is 4.67. The van der Waals surface area contributed by atoms with Crippen molar-refractivity contribution in [2.45, 2.75) is 20.8 Å². The molecular formula is C19H25Cl2N5OS. The van der Waals surface area contributed by atoms with Gasteiger partial charge >= 0.3 is 0 Å². The quantitative estimate of drug-likeness (QED) is 0.544. The Labute approximate surface area is 180 Å². The van der Waals surface area contributed by atoms with Gasteiger partial charge in [0.15, 0.2) is 5.13 Å². The van der Waals surface area contributed by atoms with Gasteiger partial charge in [0.05, 0.1) is 16.4 Å². The van der Waals surface area contributed by atoms with Crippen molar-refractivity contribution < 1.29 is 4.79 Å². The van der Waals surface area contributed by atoms with Crippen molar-refractivity contribution in [2.75, 3.05) is 31.1 Å². The van der Waals surface area contributed by atoms with E-state index in [1.54, 1.807) is 22.8 Å². The highest BCUT2D eigenvalue weighted by Gasteiger charge is 2.25. The number of carbonyl (C=O) groups is 1.